The molecule has 19 heavy (non-hydrogen) atoms. The quantitative estimate of drug-likeness (QED) is 0.885. The third-order valence-corrected chi connectivity index (χ3v) is 3.67. The molecule has 0 spiro atoms. The first-order valence-electron chi connectivity index (χ1n) is 7.03. The van der Waals surface area contributed by atoms with Gasteiger partial charge in [-0.2, -0.15) is 0 Å². The number of carboxylic acids is 1. The molecule has 0 aliphatic heterocycles. The molecule has 1 N–H and O–H groups in total. The van der Waals surface area contributed by atoms with Gasteiger partial charge in [0.05, 0.1) is 17.4 Å². The second-order valence-electron chi connectivity index (χ2n) is 5.68. The van der Waals surface area contributed by atoms with Crippen molar-refractivity contribution in [3.05, 3.63) is 24.0 Å². The van der Waals surface area contributed by atoms with Crippen LogP contribution in [-0.2, 0) is 0 Å². The van der Waals surface area contributed by atoms with Crippen LogP contribution in [0.25, 0.3) is 0 Å². The summed E-state index contributed by atoms with van der Waals surface area (Å²) in [5.41, 5.74) is 1.14. The van der Waals surface area contributed by atoms with Crippen molar-refractivity contribution in [1.29, 1.82) is 0 Å². The topological polar surface area (TPSA) is 53.4 Å². The monoisotopic (exact) mass is 262 g/mol. The van der Waals surface area contributed by atoms with Crippen molar-refractivity contribution in [2.45, 2.75) is 45.6 Å². The first kappa shape index (κ1) is 13.8. The van der Waals surface area contributed by atoms with Gasteiger partial charge >= 0.3 is 5.97 Å². The molecule has 1 fully saturated rings. The van der Waals surface area contributed by atoms with Gasteiger partial charge in [0.15, 0.2) is 0 Å². The van der Waals surface area contributed by atoms with E-state index in [4.69, 9.17) is 0 Å². The molecule has 0 atom stereocenters. The number of hydrogen-bond acceptors (Lipinski definition) is 3. The Kier molecular flexibility index (Phi) is 4.40. The van der Waals surface area contributed by atoms with Crippen LogP contribution in [0, 0.1) is 5.92 Å². The minimum Gasteiger partial charge on any atom is -0.478 e. The van der Waals surface area contributed by atoms with Crippen LogP contribution in [0.15, 0.2) is 18.5 Å². The molecule has 0 bridgehead atoms. The maximum atomic E-state index is 11.4. The molecule has 1 aromatic heterocycles. The first-order chi connectivity index (χ1) is 9.09. The Balaban J connectivity index is 2.34. The van der Waals surface area contributed by atoms with Crippen molar-refractivity contribution in [3.63, 3.8) is 0 Å². The lowest BCUT2D eigenvalue weighted by molar-refractivity contribution is 0.0697. The van der Waals surface area contributed by atoms with Gasteiger partial charge in [0.1, 0.15) is 0 Å². The summed E-state index contributed by atoms with van der Waals surface area (Å²) in [6.45, 7) is 5.22. The van der Waals surface area contributed by atoms with E-state index in [0.29, 0.717) is 17.5 Å². The highest BCUT2D eigenvalue weighted by Crippen LogP contribution is 2.30. The molecule has 104 valence electrons. The Morgan fingerprint density at radius 2 is 2.16 bits per heavy atom. The number of rotatable bonds is 5. The number of carbonyl (C=O) groups is 1. The van der Waals surface area contributed by atoms with Crippen molar-refractivity contribution in [2.24, 2.45) is 5.92 Å². The summed E-state index contributed by atoms with van der Waals surface area (Å²) < 4.78 is 0. The molecular formula is C15H22N2O2. The minimum absolute atomic E-state index is 0.363. The molecule has 0 aromatic carbocycles. The number of pyridine rings is 1. The highest BCUT2D eigenvalue weighted by Gasteiger charge is 2.26. The molecule has 0 radical (unpaired) electrons. The second-order valence-corrected chi connectivity index (χ2v) is 5.68. The van der Waals surface area contributed by atoms with E-state index in [1.54, 1.807) is 18.5 Å². The van der Waals surface area contributed by atoms with Crippen LogP contribution in [0.1, 0.15) is 49.9 Å². The molecular weight excluding hydrogens is 240 g/mol. The van der Waals surface area contributed by atoms with Crippen LogP contribution in [0.2, 0.25) is 0 Å². The number of hydrogen-bond donors (Lipinski definition) is 1. The van der Waals surface area contributed by atoms with Crippen LogP contribution in [-0.4, -0.2) is 28.6 Å². The molecule has 0 saturated heterocycles. The summed E-state index contributed by atoms with van der Waals surface area (Å²) >= 11 is 0. The van der Waals surface area contributed by atoms with E-state index in [1.807, 2.05) is 0 Å². The third-order valence-electron chi connectivity index (χ3n) is 3.67. The van der Waals surface area contributed by atoms with Gasteiger partial charge in [-0.15, -0.1) is 0 Å². The molecule has 1 saturated carbocycles. The molecule has 2 rings (SSSR count). The molecule has 4 nitrogen and oxygen atoms in total. The average molecular weight is 262 g/mol. The van der Waals surface area contributed by atoms with E-state index in [2.05, 4.69) is 23.7 Å². The molecule has 1 heterocycles. The van der Waals surface area contributed by atoms with Crippen molar-refractivity contribution < 1.29 is 9.90 Å². The average Bonchev–Trinajstić information content (AvgIpc) is 2.89. The highest BCUT2D eigenvalue weighted by molar-refractivity contribution is 5.94. The number of carboxylic acid groups (broad SMARTS) is 1. The van der Waals surface area contributed by atoms with Gasteiger partial charge in [0.25, 0.3) is 0 Å². The fourth-order valence-corrected chi connectivity index (χ4v) is 2.85. The molecule has 0 unspecified atom stereocenters. The molecule has 1 aliphatic carbocycles. The van der Waals surface area contributed by atoms with E-state index >= 15 is 0 Å². The summed E-state index contributed by atoms with van der Waals surface area (Å²) in [6, 6.07) is 2.06. The number of nitrogens with zero attached hydrogens (tertiary/aromatic N) is 2. The van der Waals surface area contributed by atoms with Gasteiger partial charge < -0.3 is 10.0 Å². The number of aromatic carboxylic acids is 1. The summed E-state index contributed by atoms with van der Waals surface area (Å²) in [7, 11) is 0. The lowest BCUT2D eigenvalue weighted by atomic mass is 10.1. The first-order valence-corrected chi connectivity index (χ1v) is 7.03. The van der Waals surface area contributed by atoms with Crippen molar-refractivity contribution in [3.8, 4) is 0 Å². The van der Waals surface area contributed by atoms with Crippen LogP contribution in [0.4, 0.5) is 5.69 Å². The van der Waals surface area contributed by atoms with Crippen LogP contribution in [0.3, 0.4) is 0 Å². The lowest BCUT2D eigenvalue weighted by Crippen LogP contribution is -2.37. The minimum atomic E-state index is -0.871. The molecule has 1 aromatic rings. The Morgan fingerprint density at radius 1 is 1.47 bits per heavy atom. The number of anilines is 1. The van der Waals surface area contributed by atoms with Gasteiger partial charge in [-0.3, -0.25) is 4.98 Å². The van der Waals surface area contributed by atoms with Crippen molar-refractivity contribution in [1.82, 2.24) is 4.98 Å². The maximum absolute atomic E-state index is 11.4. The predicted octanol–water partition coefficient (Wildman–Crippen LogP) is 3.18. The maximum Gasteiger partial charge on any atom is 0.337 e. The lowest BCUT2D eigenvalue weighted by Gasteiger charge is -2.33. The van der Waals surface area contributed by atoms with E-state index in [0.717, 1.165) is 25.1 Å². The largest absolute Gasteiger partial charge is 0.478 e. The zero-order chi connectivity index (χ0) is 13.8. The van der Waals surface area contributed by atoms with Crippen LogP contribution >= 0.6 is 0 Å². The van der Waals surface area contributed by atoms with Gasteiger partial charge in [-0.05, 0) is 24.8 Å². The Hall–Kier alpha value is -1.58. The van der Waals surface area contributed by atoms with Gasteiger partial charge in [-0.1, -0.05) is 26.7 Å². The van der Waals surface area contributed by atoms with E-state index in [9.17, 15) is 9.90 Å². The van der Waals surface area contributed by atoms with Gasteiger partial charge in [0, 0.05) is 18.8 Å². The standard InChI is InChI=1S/C15H22N2O2/c1-11(2)10-17(12-5-3-4-6-12)14-9-16-8-7-13(14)15(18)19/h7-9,11-12H,3-6,10H2,1-2H3,(H,18,19). The fraction of sp³-hybridized carbons (Fsp3) is 0.600. The molecule has 4 heteroatoms. The predicted molar refractivity (Wildman–Crippen MR) is 75.6 cm³/mol. The Morgan fingerprint density at radius 3 is 2.74 bits per heavy atom. The fourth-order valence-electron chi connectivity index (χ4n) is 2.85. The van der Waals surface area contributed by atoms with Crippen molar-refractivity contribution in [2.75, 3.05) is 11.4 Å². The molecule has 0 amide bonds. The number of aromatic nitrogens is 1. The summed E-state index contributed by atoms with van der Waals surface area (Å²) in [6.07, 6.45) is 8.03. The van der Waals surface area contributed by atoms with Gasteiger partial charge in [-0.25, -0.2) is 4.79 Å². The van der Waals surface area contributed by atoms with Crippen molar-refractivity contribution >= 4 is 11.7 Å². The zero-order valence-electron chi connectivity index (χ0n) is 11.7. The zero-order valence-corrected chi connectivity index (χ0v) is 11.7. The van der Waals surface area contributed by atoms with Crippen LogP contribution in [0.5, 0.6) is 0 Å². The second kappa shape index (κ2) is 6.04. The Labute approximate surface area is 114 Å². The summed E-state index contributed by atoms with van der Waals surface area (Å²) in [5.74, 6) is -0.369. The van der Waals surface area contributed by atoms with E-state index < -0.39 is 5.97 Å². The Bertz CT molecular complexity index is 440. The third kappa shape index (κ3) is 3.25. The normalized spacial score (nSPS) is 15.9. The summed E-state index contributed by atoms with van der Waals surface area (Å²) in [4.78, 5) is 17.8. The smallest absolute Gasteiger partial charge is 0.337 e. The highest BCUT2D eigenvalue weighted by atomic mass is 16.4. The summed E-state index contributed by atoms with van der Waals surface area (Å²) in [5, 5.41) is 9.34. The van der Waals surface area contributed by atoms with Crippen LogP contribution < -0.4 is 4.90 Å². The van der Waals surface area contributed by atoms with E-state index in [-0.39, 0.29) is 0 Å². The SMILES string of the molecule is CC(C)CN(c1cnccc1C(=O)O)C1CCCC1. The van der Waals surface area contributed by atoms with E-state index in [1.165, 1.54) is 12.8 Å². The molecule has 1 aliphatic rings. The van der Waals surface area contributed by atoms with Gasteiger partial charge in [0.2, 0.25) is 0 Å².